The van der Waals surface area contributed by atoms with E-state index in [1.807, 2.05) is 0 Å². The van der Waals surface area contributed by atoms with Crippen molar-refractivity contribution in [2.75, 3.05) is 0 Å². The first-order valence-corrected chi connectivity index (χ1v) is 11.0. The lowest BCUT2D eigenvalue weighted by atomic mass is 10.1. The molecule has 0 saturated heterocycles. The van der Waals surface area contributed by atoms with Gasteiger partial charge >= 0.3 is 18.5 Å². The maximum atomic E-state index is 13.0. The van der Waals surface area contributed by atoms with Gasteiger partial charge in [0.1, 0.15) is 11.3 Å². The van der Waals surface area contributed by atoms with Gasteiger partial charge in [0.2, 0.25) is 5.88 Å². The molecule has 0 unspecified atom stereocenters. The van der Waals surface area contributed by atoms with Crippen molar-refractivity contribution in [3.8, 4) is 28.7 Å². The first kappa shape index (κ1) is 25.0. The SMILES string of the molecule is Cn1cc(C(F)(F)F)nc1-c1ccc(Cn2c(=O)n(C)c3cnc(-c4cccnc4OC(F)F)nc32)cc1. The quantitative estimate of drug-likeness (QED) is 0.304. The number of aryl methyl sites for hydroxylation is 2. The highest BCUT2D eigenvalue weighted by molar-refractivity contribution is 5.74. The Hall–Kier alpha value is -4.62. The number of nitrogens with zero attached hydrogens (tertiary/aromatic N) is 7. The molecule has 14 heteroatoms. The lowest BCUT2D eigenvalue weighted by molar-refractivity contribution is -0.140. The maximum absolute atomic E-state index is 13.0. The van der Waals surface area contributed by atoms with E-state index in [9.17, 15) is 26.7 Å². The van der Waals surface area contributed by atoms with E-state index in [4.69, 9.17) is 0 Å². The molecule has 196 valence electrons. The molecular formula is C24H18F5N7O2. The van der Waals surface area contributed by atoms with Crippen LogP contribution in [-0.4, -0.2) is 40.2 Å². The lowest BCUT2D eigenvalue weighted by Crippen LogP contribution is -2.22. The molecular weight excluding hydrogens is 513 g/mol. The summed E-state index contributed by atoms with van der Waals surface area (Å²) in [4.78, 5) is 29.1. The minimum atomic E-state index is -4.56. The zero-order valence-electron chi connectivity index (χ0n) is 19.8. The van der Waals surface area contributed by atoms with Gasteiger partial charge < -0.3 is 9.30 Å². The van der Waals surface area contributed by atoms with Crippen molar-refractivity contribution in [2.24, 2.45) is 14.1 Å². The third kappa shape index (κ3) is 4.60. The molecule has 0 aliphatic heterocycles. The largest absolute Gasteiger partial charge is 0.434 e. The first-order valence-electron chi connectivity index (χ1n) is 11.0. The van der Waals surface area contributed by atoms with Crippen LogP contribution >= 0.6 is 0 Å². The van der Waals surface area contributed by atoms with Crippen molar-refractivity contribution in [1.29, 1.82) is 0 Å². The Kier molecular flexibility index (Phi) is 6.17. The Morgan fingerprint density at radius 2 is 1.76 bits per heavy atom. The Bertz CT molecular complexity index is 1690. The number of imidazole rings is 2. The van der Waals surface area contributed by atoms with Gasteiger partial charge in [0.05, 0.1) is 18.3 Å². The summed E-state index contributed by atoms with van der Waals surface area (Å²) >= 11 is 0. The molecule has 4 heterocycles. The number of aromatic nitrogens is 7. The minimum absolute atomic E-state index is 0.0335. The second-order valence-corrected chi connectivity index (χ2v) is 8.32. The van der Waals surface area contributed by atoms with Crippen molar-refractivity contribution < 1.29 is 26.7 Å². The van der Waals surface area contributed by atoms with E-state index in [2.05, 4.69) is 24.7 Å². The molecule has 1 aromatic carbocycles. The summed E-state index contributed by atoms with van der Waals surface area (Å²) < 4.78 is 73.2. The summed E-state index contributed by atoms with van der Waals surface area (Å²) in [6, 6.07) is 9.54. The van der Waals surface area contributed by atoms with Gasteiger partial charge in [0, 0.05) is 32.1 Å². The highest BCUT2D eigenvalue weighted by atomic mass is 19.4. The third-order valence-electron chi connectivity index (χ3n) is 5.82. The van der Waals surface area contributed by atoms with Crippen LogP contribution in [0.2, 0.25) is 0 Å². The highest BCUT2D eigenvalue weighted by Crippen LogP contribution is 2.31. The van der Waals surface area contributed by atoms with Gasteiger partial charge in [-0.1, -0.05) is 24.3 Å². The Morgan fingerprint density at radius 3 is 2.42 bits per heavy atom. The van der Waals surface area contributed by atoms with Gasteiger partial charge in [0.15, 0.2) is 17.2 Å². The Morgan fingerprint density at radius 1 is 1.03 bits per heavy atom. The number of hydrogen-bond donors (Lipinski definition) is 0. The van der Waals surface area contributed by atoms with Crippen molar-refractivity contribution in [1.82, 2.24) is 33.6 Å². The van der Waals surface area contributed by atoms with Gasteiger partial charge in [-0.15, -0.1) is 0 Å². The smallest absolute Gasteiger partial charge is 0.416 e. The standard InChI is InChI=1S/C24H18F5N7O2/c1-34-12-17(24(27,28)29)32-19(34)14-7-5-13(6-8-14)11-36-20-16(35(2)23(36)37)10-31-18(33-20)15-4-3-9-30-21(15)38-22(25)26/h3-10,12,22H,11H2,1-2H3. The van der Waals surface area contributed by atoms with E-state index in [1.54, 1.807) is 31.3 Å². The molecule has 0 bridgehead atoms. The molecule has 0 radical (unpaired) electrons. The molecule has 0 amide bonds. The van der Waals surface area contributed by atoms with Gasteiger partial charge in [-0.25, -0.2) is 24.7 Å². The molecule has 5 rings (SSSR count). The van der Waals surface area contributed by atoms with Crippen molar-refractivity contribution in [3.05, 3.63) is 76.7 Å². The average Bonchev–Trinajstić information content (AvgIpc) is 3.38. The first-order chi connectivity index (χ1) is 18.0. The normalized spacial score (nSPS) is 12.0. The van der Waals surface area contributed by atoms with Gasteiger partial charge in [-0.2, -0.15) is 22.0 Å². The minimum Gasteiger partial charge on any atom is -0.416 e. The van der Waals surface area contributed by atoms with Crippen LogP contribution in [-0.2, 0) is 26.8 Å². The molecule has 0 fully saturated rings. The van der Waals surface area contributed by atoms with E-state index in [-0.39, 0.29) is 35.3 Å². The zero-order valence-corrected chi connectivity index (χ0v) is 19.8. The van der Waals surface area contributed by atoms with Crippen molar-refractivity contribution >= 4 is 11.2 Å². The van der Waals surface area contributed by atoms with Crippen LogP contribution < -0.4 is 10.4 Å². The molecule has 0 aliphatic carbocycles. The molecule has 4 aromatic heterocycles. The van der Waals surface area contributed by atoms with Crippen LogP contribution in [0.15, 0.2) is 59.8 Å². The van der Waals surface area contributed by atoms with E-state index in [1.165, 1.54) is 45.3 Å². The molecule has 0 N–H and O–H groups in total. The lowest BCUT2D eigenvalue weighted by Gasteiger charge is -2.09. The van der Waals surface area contributed by atoms with Crippen LogP contribution in [0.4, 0.5) is 22.0 Å². The second-order valence-electron chi connectivity index (χ2n) is 8.32. The van der Waals surface area contributed by atoms with E-state index in [0.29, 0.717) is 16.6 Å². The fraction of sp³-hybridized carbons (Fsp3) is 0.208. The molecule has 0 spiro atoms. The van der Waals surface area contributed by atoms with Gasteiger partial charge in [0.25, 0.3) is 0 Å². The fourth-order valence-electron chi connectivity index (χ4n) is 4.00. The van der Waals surface area contributed by atoms with Crippen LogP contribution in [0, 0.1) is 0 Å². The van der Waals surface area contributed by atoms with Crippen LogP contribution in [0.5, 0.6) is 5.88 Å². The number of pyridine rings is 1. The van der Waals surface area contributed by atoms with Crippen molar-refractivity contribution in [2.45, 2.75) is 19.3 Å². The molecule has 0 atom stereocenters. The predicted molar refractivity (Wildman–Crippen MR) is 125 cm³/mol. The number of fused-ring (bicyclic) bond motifs is 1. The summed E-state index contributed by atoms with van der Waals surface area (Å²) in [6.07, 6.45) is -0.960. The summed E-state index contributed by atoms with van der Waals surface area (Å²) in [6.45, 7) is -3.02. The Labute approximate surface area is 210 Å². The number of rotatable bonds is 6. The van der Waals surface area contributed by atoms with Gasteiger partial charge in [-0.3, -0.25) is 9.13 Å². The van der Waals surface area contributed by atoms with E-state index >= 15 is 0 Å². The zero-order chi connectivity index (χ0) is 27.2. The van der Waals surface area contributed by atoms with Crippen LogP contribution in [0.25, 0.3) is 33.9 Å². The number of halogens is 5. The van der Waals surface area contributed by atoms with Crippen LogP contribution in [0.3, 0.4) is 0 Å². The van der Waals surface area contributed by atoms with Gasteiger partial charge in [-0.05, 0) is 17.7 Å². The third-order valence-corrected chi connectivity index (χ3v) is 5.82. The number of ether oxygens (including phenoxy) is 1. The van der Waals surface area contributed by atoms with Crippen molar-refractivity contribution in [3.63, 3.8) is 0 Å². The molecule has 9 nitrogen and oxygen atoms in total. The maximum Gasteiger partial charge on any atom is 0.434 e. The molecule has 0 saturated carbocycles. The number of benzene rings is 1. The van der Waals surface area contributed by atoms with Crippen LogP contribution in [0.1, 0.15) is 11.3 Å². The summed E-state index contributed by atoms with van der Waals surface area (Å²) in [7, 11) is 3.01. The van der Waals surface area contributed by atoms with E-state index in [0.717, 1.165) is 6.20 Å². The molecule has 5 aromatic rings. The topological polar surface area (TPSA) is 92.7 Å². The monoisotopic (exact) mass is 531 g/mol. The average molecular weight is 531 g/mol. The molecule has 0 aliphatic rings. The second kappa shape index (κ2) is 9.36. The Balaban J connectivity index is 1.50. The predicted octanol–water partition coefficient (Wildman–Crippen LogP) is 4.26. The molecule has 38 heavy (non-hydrogen) atoms. The summed E-state index contributed by atoms with van der Waals surface area (Å²) in [5.41, 5.74) is 0.509. The highest BCUT2D eigenvalue weighted by Gasteiger charge is 2.34. The summed E-state index contributed by atoms with van der Waals surface area (Å²) in [5, 5.41) is 0. The van der Waals surface area contributed by atoms with E-state index < -0.39 is 24.2 Å². The fourth-order valence-corrected chi connectivity index (χ4v) is 4.00. The summed E-state index contributed by atoms with van der Waals surface area (Å²) in [5.74, 6) is -0.182. The number of alkyl halides is 5. The number of hydrogen-bond acceptors (Lipinski definition) is 6.